The zero-order chi connectivity index (χ0) is 14.1. The molecule has 2 aromatic heterocycles. The number of pyridine rings is 1. The molecular weight excluding hydrogens is 257 g/mol. The number of nitrogens with one attached hydrogen (secondary N) is 1. The predicted molar refractivity (Wildman–Crippen MR) is 76.5 cm³/mol. The van der Waals surface area contributed by atoms with Crippen molar-refractivity contribution in [1.82, 2.24) is 19.9 Å². The molecule has 3 heterocycles. The Kier molecular flexibility index (Phi) is 3.56. The van der Waals surface area contributed by atoms with Crippen LogP contribution in [0.15, 0.2) is 18.3 Å². The molecule has 1 saturated heterocycles. The van der Waals surface area contributed by atoms with Crippen molar-refractivity contribution in [3.05, 3.63) is 24.1 Å². The average Bonchev–Trinajstić information content (AvgIpc) is 3.03. The minimum Gasteiger partial charge on any atom is -0.336 e. The largest absolute Gasteiger partial charge is 0.336 e. The third-order valence-electron chi connectivity index (χ3n) is 3.74. The number of hydrogen-bond acceptors (Lipinski definition) is 4. The molecule has 0 bridgehead atoms. The Morgan fingerprint density at radius 3 is 3.05 bits per heavy atom. The molecule has 3 rings (SSSR count). The van der Waals surface area contributed by atoms with Gasteiger partial charge in [0, 0.05) is 18.6 Å². The van der Waals surface area contributed by atoms with Crippen molar-refractivity contribution in [3.63, 3.8) is 0 Å². The van der Waals surface area contributed by atoms with Gasteiger partial charge in [-0.2, -0.15) is 4.98 Å². The number of nitrogens with zero attached hydrogens (tertiary/aromatic N) is 4. The summed E-state index contributed by atoms with van der Waals surface area (Å²) in [6.07, 6.45) is 3.77. The molecule has 108 valence electrons. The SMILES string of the molecule is CC(C)N(CC1CCCN1)c1nc2ccc(F)cn2n1. The molecular formula is C14H20FN5. The Bertz CT molecular complexity index is 588. The van der Waals surface area contributed by atoms with Crippen LogP contribution in [0.5, 0.6) is 0 Å². The van der Waals surface area contributed by atoms with Crippen molar-refractivity contribution in [1.29, 1.82) is 0 Å². The van der Waals surface area contributed by atoms with Gasteiger partial charge >= 0.3 is 0 Å². The summed E-state index contributed by atoms with van der Waals surface area (Å²) in [4.78, 5) is 6.68. The number of halogens is 1. The number of hydrogen-bond donors (Lipinski definition) is 1. The van der Waals surface area contributed by atoms with Gasteiger partial charge in [-0.05, 0) is 45.4 Å². The maximum Gasteiger partial charge on any atom is 0.245 e. The van der Waals surface area contributed by atoms with Gasteiger partial charge in [-0.1, -0.05) is 0 Å². The van der Waals surface area contributed by atoms with Gasteiger partial charge in [0.2, 0.25) is 5.95 Å². The summed E-state index contributed by atoms with van der Waals surface area (Å²) in [7, 11) is 0. The van der Waals surface area contributed by atoms with Gasteiger partial charge in [0.1, 0.15) is 5.82 Å². The van der Waals surface area contributed by atoms with Gasteiger partial charge < -0.3 is 10.2 Å². The maximum atomic E-state index is 13.2. The summed E-state index contributed by atoms with van der Waals surface area (Å²) >= 11 is 0. The average molecular weight is 277 g/mol. The highest BCUT2D eigenvalue weighted by atomic mass is 19.1. The Morgan fingerprint density at radius 1 is 1.50 bits per heavy atom. The van der Waals surface area contributed by atoms with E-state index in [1.54, 1.807) is 6.07 Å². The lowest BCUT2D eigenvalue weighted by Crippen LogP contribution is -2.42. The first-order valence-electron chi connectivity index (χ1n) is 7.15. The lowest BCUT2D eigenvalue weighted by Gasteiger charge is -2.28. The van der Waals surface area contributed by atoms with E-state index in [9.17, 15) is 4.39 Å². The van der Waals surface area contributed by atoms with E-state index in [1.165, 1.54) is 29.6 Å². The molecule has 0 amide bonds. The highest BCUT2D eigenvalue weighted by Gasteiger charge is 2.22. The minimum atomic E-state index is -0.303. The van der Waals surface area contributed by atoms with Crippen molar-refractivity contribution in [2.45, 2.75) is 38.8 Å². The Labute approximate surface area is 117 Å². The molecule has 6 heteroatoms. The second-order valence-corrected chi connectivity index (χ2v) is 5.60. The van der Waals surface area contributed by atoms with Crippen molar-refractivity contribution < 1.29 is 4.39 Å². The molecule has 1 atom stereocenters. The fourth-order valence-electron chi connectivity index (χ4n) is 2.64. The molecule has 0 saturated carbocycles. The monoisotopic (exact) mass is 277 g/mol. The van der Waals surface area contributed by atoms with Crippen molar-refractivity contribution in [2.24, 2.45) is 0 Å². The smallest absolute Gasteiger partial charge is 0.245 e. The molecule has 0 aliphatic carbocycles. The van der Waals surface area contributed by atoms with E-state index in [1.807, 2.05) is 0 Å². The molecule has 1 N–H and O–H groups in total. The number of aromatic nitrogens is 3. The number of fused-ring (bicyclic) bond motifs is 1. The van der Waals surface area contributed by atoms with Crippen LogP contribution in [0.2, 0.25) is 0 Å². The summed E-state index contributed by atoms with van der Waals surface area (Å²) in [5.41, 5.74) is 0.673. The van der Waals surface area contributed by atoms with Crippen molar-refractivity contribution in [3.8, 4) is 0 Å². The predicted octanol–water partition coefficient (Wildman–Crippen LogP) is 1.84. The van der Waals surface area contributed by atoms with Gasteiger partial charge in [0.15, 0.2) is 5.65 Å². The molecule has 1 aliphatic heterocycles. The highest BCUT2D eigenvalue weighted by Crippen LogP contribution is 2.17. The first kappa shape index (κ1) is 13.3. The summed E-state index contributed by atoms with van der Waals surface area (Å²) in [6, 6.07) is 3.85. The van der Waals surface area contributed by atoms with Gasteiger partial charge in [-0.25, -0.2) is 8.91 Å². The van der Waals surface area contributed by atoms with Gasteiger partial charge in [-0.3, -0.25) is 0 Å². The van der Waals surface area contributed by atoms with Gasteiger partial charge in [0.25, 0.3) is 0 Å². The van der Waals surface area contributed by atoms with E-state index >= 15 is 0 Å². The third-order valence-corrected chi connectivity index (χ3v) is 3.74. The molecule has 0 aromatic carbocycles. The minimum absolute atomic E-state index is 0.303. The van der Waals surface area contributed by atoms with E-state index in [2.05, 4.69) is 34.1 Å². The van der Waals surface area contributed by atoms with Crippen LogP contribution < -0.4 is 10.2 Å². The summed E-state index contributed by atoms with van der Waals surface area (Å²) in [5, 5.41) is 7.89. The van der Waals surface area contributed by atoms with Crippen LogP contribution in [0.25, 0.3) is 5.65 Å². The third kappa shape index (κ3) is 2.60. The first-order chi connectivity index (χ1) is 9.63. The lowest BCUT2D eigenvalue weighted by molar-refractivity contribution is 0.544. The summed E-state index contributed by atoms with van der Waals surface area (Å²) in [5.74, 6) is 0.363. The number of rotatable bonds is 4. The second kappa shape index (κ2) is 5.36. The molecule has 5 nitrogen and oxygen atoms in total. The lowest BCUT2D eigenvalue weighted by atomic mass is 10.2. The Balaban J connectivity index is 1.88. The summed E-state index contributed by atoms with van der Waals surface area (Å²) < 4.78 is 14.7. The first-order valence-corrected chi connectivity index (χ1v) is 7.15. The van der Waals surface area contributed by atoms with Crippen LogP contribution in [-0.2, 0) is 0 Å². The molecule has 1 fully saturated rings. The normalized spacial score (nSPS) is 19.1. The second-order valence-electron chi connectivity index (χ2n) is 5.60. The van der Waals surface area contributed by atoms with E-state index in [0.29, 0.717) is 23.7 Å². The fourth-order valence-corrected chi connectivity index (χ4v) is 2.64. The highest BCUT2D eigenvalue weighted by molar-refractivity contribution is 5.45. The topological polar surface area (TPSA) is 45.5 Å². The molecule has 2 aromatic rings. The molecule has 20 heavy (non-hydrogen) atoms. The zero-order valence-electron chi connectivity index (χ0n) is 11.9. The summed E-state index contributed by atoms with van der Waals surface area (Å²) in [6.45, 7) is 6.22. The molecule has 1 unspecified atom stereocenters. The molecule has 1 aliphatic rings. The van der Waals surface area contributed by atoms with Crippen molar-refractivity contribution in [2.75, 3.05) is 18.0 Å². The van der Waals surface area contributed by atoms with Crippen molar-refractivity contribution >= 4 is 11.6 Å². The fraction of sp³-hybridized carbons (Fsp3) is 0.571. The molecule has 0 radical (unpaired) electrons. The van der Waals surface area contributed by atoms with Crippen LogP contribution >= 0.6 is 0 Å². The van der Waals surface area contributed by atoms with Crippen LogP contribution in [-0.4, -0.2) is 39.8 Å². The van der Waals surface area contributed by atoms with E-state index in [4.69, 9.17) is 0 Å². The van der Waals surface area contributed by atoms with E-state index < -0.39 is 0 Å². The van der Waals surface area contributed by atoms with Crippen LogP contribution in [0, 0.1) is 5.82 Å². The quantitative estimate of drug-likeness (QED) is 0.926. The van der Waals surface area contributed by atoms with Crippen LogP contribution in [0.1, 0.15) is 26.7 Å². The maximum absolute atomic E-state index is 13.2. The Morgan fingerprint density at radius 2 is 2.35 bits per heavy atom. The Hall–Kier alpha value is -1.69. The standard InChI is InChI=1S/C14H20FN5/c1-10(2)19(9-12-4-3-7-16-12)14-17-13-6-5-11(15)8-20(13)18-14/h5-6,8,10,12,16H,3-4,7,9H2,1-2H3. The van der Waals surface area contributed by atoms with E-state index in [-0.39, 0.29) is 5.82 Å². The van der Waals surface area contributed by atoms with Crippen LogP contribution in [0.3, 0.4) is 0 Å². The zero-order valence-corrected chi connectivity index (χ0v) is 11.9. The van der Waals surface area contributed by atoms with Gasteiger partial charge in [0.05, 0.1) is 6.20 Å². The molecule has 0 spiro atoms. The van der Waals surface area contributed by atoms with Crippen LogP contribution in [0.4, 0.5) is 10.3 Å². The van der Waals surface area contributed by atoms with E-state index in [0.717, 1.165) is 13.1 Å². The van der Waals surface area contributed by atoms with Gasteiger partial charge in [-0.15, -0.1) is 5.10 Å². The number of anilines is 1.